The van der Waals surface area contributed by atoms with E-state index >= 15 is 0 Å². The van der Waals surface area contributed by atoms with Gasteiger partial charge in [0.05, 0.1) is 19.6 Å². The summed E-state index contributed by atoms with van der Waals surface area (Å²) in [7, 11) is 1.43. The molecule has 1 heterocycles. The Kier molecular flexibility index (Phi) is 5.53. The number of thiophene rings is 1. The maximum Gasteiger partial charge on any atom is 0.307 e. The number of hydrogen-bond acceptors (Lipinski definition) is 4. The molecule has 2 aromatic rings. The molecule has 0 saturated heterocycles. The molecular weight excluding hydrogens is 282 g/mol. The number of methoxy groups -OCH3 is 1. The zero-order chi connectivity index (χ0) is 15.2. The van der Waals surface area contributed by atoms with E-state index in [1.807, 2.05) is 17.5 Å². The van der Waals surface area contributed by atoms with Gasteiger partial charge in [-0.3, -0.25) is 4.79 Å². The first-order chi connectivity index (χ1) is 10.1. The van der Waals surface area contributed by atoms with Crippen LogP contribution >= 0.6 is 11.3 Å². The van der Waals surface area contributed by atoms with Crippen molar-refractivity contribution in [2.75, 3.05) is 7.11 Å². The minimum Gasteiger partial charge on any atom is -0.469 e. The van der Waals surface area contributed by atoms with E-state index in [9.17, 15) is 4.79 Å². The average Bonchev–Trinajstić information content (AvgIpc) is 3.00. The molecule has 1 atom stereocenters. The second-order valence-electron chi connectivity index (χ2n) is 5.16. The average molecular weight is 303 g/mol. The lowest BCUT2D eigenvalue weighted by Crippen LogP contribution is -2.23. The Morgan fingerprint density at radius 1 is 1.33 bits per heavy atom. The SMILES string of the molecule is COC(=O)CC(NCc1cc(C)ccc1C)c1cccs1. The number of rotatable bonds is 6. The van der Waals surface area contributed by atoms with Crippen LogP contribution in [0.5, 0.6) is 0 Å². The maximum absolute atomic E-state index is 11.6. The van der Waals surface area contributed by atoms with E-state index in [1.54, 1.807) is 11.3 Å². The molecule has 0 spiro atoms. The van der Waals surface area contributed by atoms with E-state index in [-0.39, 0.29) is 12.0 Å². The second-order valence-corrected chi connectivity index (χ2v) is 6.14. The van der Waals surface area contributed by atoms with E-state index in [0.717, 1.165) is 11.4 Å². The fourth-order valence-electron chi connectivity index (χ4n) is 2.24. The number of hydrogen-bond donors (Lipinski definition) is 1. The number of esters is 1. The lowest BCUT2D eigenvalue weighted by atomic mass is 10.0. The normalized spacial score (nSPS) is 12.1. The molecule has 0 bridgehead atoms. The largest absolute Gasteiger partial charge is 0.469 e. The van der Waals surface area contributed by atoms with Crippen molar-refractivity contribution < 1.29 is 9.53 Å². The van der Waals surface area contributed by atoms with Gasteiger partial charge in [0.2, 0.25) is 0 Å². The summed E-state index contributed by atoms with van der Waals surface area (Å²) >= 11 is 1.66. The smallest absolute Gasteiger partial charge is 0.307 e. The highest BCUT2D eigenvalue weighted by Gasteiger charge is 2.17. The Bertz CT molecular complexity index is 593. The molecule has 21 heavy (non-hydrogen) atoms. The molecular formula is C17H21NO2S. The van der Waals surface area contributed by atoms with Crippen LogP contribution < -0.4 is 5.32 Å². The Morgan fingerprint density at radius 3 is 2.81 bits per heavy atom. The molecule has 0 aliphatic heterocycles. The van der Waals surface area contributed by atoms with Gasteiger partial charge in [-0.1, -0.05) is 29.8 Å². The van der Waals surface area contributed by atoms with E-state index in [1.165, 1.54) is 23.8 Å². The van der Waals surface area contributed by atoms with Gasteiger partial charge in [0.15, 0.2) is 0 Å². The zero-order valence-corrected chi connectivity index (χ0v) is 13.5. The van der Waals surface area contributed by atoms with Crippen LogP contribution in [0.2, 0.25) is 0 Å². The van der Waals surface area contributed by atoms with Crippen LogP contribution in [0.25, 0.3) is 0 Å². The number of ether oxygens (including phenoxy) is 1. The highest BCUT2D eigenvalue weighted by atomic mass is 32.1. The van der Waals surface area contributed by atoms with Crippen LogP contribution in [0.15, 0.2) is 35.7 Å². The lowest BCUT2D eigenvalue weighted by molar-refractivity contribution is -0.141. The van der Waals surface area contributed by atoms with Crippen LogP contribution in [-0.2, 0) is 16.1 Å². The predicted octanol–water partition coefficient (Wildman–Crippen LogP) is 3.76. The second kappa shape index (κ2) is 7.38. The Morgan fingerprint density at radius 2 is 2.14 bits per heavy atom. The predicted molar refractivity (Wildman–Crippen MR) is 86.4 cm³/mol. The zero-order valence-electron chi connectivity index (χ0n) is 12.7. The van der Waals surface area contributed by atoms with Crippen molar-refractivity contribution in [3.63, 3.8) is 0 Å². The molecule has 3 nitrogen and oxygen atoms in total. The molecule has 0 radical (unpaired) electrons. The number of nitrogens with one attached hydrogen (secondary N) is 1. The van der Waals surface area contributed by atoms with Crippen molar-refractivity contribution in [2.24, 2.45) is 0 Å². The minimum absolute atomic E-state index is 0.00244. The summed E-state index contributed by atoms with van der Waals surface area (Å²) in [4.78, 5) is 12.8. The van der Waals surface area contributed by atoms with Crippen molar-refractivity contribution >= 4 is 17.3 Å². The van der Waals surface area contributed by atoms with Crippen molar-refractivity contribution in [1.82, 2.24) is 5.32 Å². The summed E-state index contributed by atoms with van der Waals surface area (Å²) in [6, 6.07) is 10.5. The van der Waals surface area contributed by atoms with Crippen LogP contribution in [0.3, 0.4) is 0 Å². The van der Waals surface area contributed by atoms with Crippen molar-refractivity contribution in [2.45, 2.75) is 32.9 Å². The van der Waals surface area contributed by atoms with Crippen molar-refractivity contribution in [3.8, 4) is 0 Å². The van der Waals surface area contributed by atoms with Gasteiger partial charge in [-0.15, -0.1) is 11.3 Å². The van der Waals surface area contributed by atoms with Gasteiger partial charge in [-0.05, 0) is 36.4 Å². The monoisotopic (exact) mass is 303 g/mol. The summed E-state index contributed by atoms with van der Waals surface area (Å²) in [5.41, 5.74) is 3.77. The molecule has 1 N–H and O–H groups in total. The fourth-order valence-corrected chi connectivity index (χ4v) is 3.04. The topological polar surface area (TPSA) is 38.3 Å². The third-order valence-electron chi connectivity index (χ3n) is 3.53. The first-order valence-electron chi connectivity index (χ1n) is 7.00. The first-order valence-corrected chi connectivity index (χ1v) is 7.88. The van der Waals surface area contributed by atoms with Crippen molar-refractivity contribution in [3.05, 3.63) is 57.3 Å². The van der Waals surface area contributed by atoms with Crippen LogP contribution in [0, 0.1) is 13.8 Å². The van der Waals surface area contributed by atoms with E-state index in [4.69, 9.17) is 4.74 Å². The molecule has 2 rings (SSSR count). The van der Waals surface area contributed by atoms with Gasteiger partial charge in [0.1, 0.15) is 0 Å². The molecule has 1 aromatic carbocycles. The van der Waals surface area contributed by atoms with Gasteiger partial charge >= 0.3 is 5.97 Å². The van der Waals surface area contributed by atoms with Gasteiger partial charge in [-0.25, -0.2) is 0 Å². The summed E-state index contributed by atoms with van der Waals surface area (Å²) in [5.74, 6) is -0.193. The summed E-state index contributed by atoms with van der Waals surface area (Å²) in [6.45, 7) is 4.94. The van der Waals surface area contributed by atoms with Crippen LogP contribution in [-0.4, -0.2) is 13.1 Å². The van der Waals surface area contributed by atoms with E-state index in [0.29, 0.717) is 6.42 Å². The Hall–Kier alpha value is -1.65. The molecule has 0 amide bonds. The number of aryl methyl sites for hydroxylation is 2. The molecule has 1 unspecified atom stereocenters. The summed E-state index contributed by atoms with van der Waals surface area (Å²) < 4.78 is 4.80. The van der Waals surface area contributed by atoms with E-state index < -0.39 is 0 Å². The quantitative estimate of drug-likeness (QED) is 0.826. The van der Waals surface area contributed by atoms with Crippen LogP contribution in [0.1, 0.15) is 34.0 Å². The van der Waals surface area contributed by atoms with Gasteiger partial charge in [-0.2, -0.15) is 0 Å². The molecule has 112 valence electrons. The Labute approximate surface area is 130 Å². The maximum atomic E-state index is 11.6. The molecule has 0 aliphatic carbocycles. The lowest BCUT2D eigenvalue weighted by Gasteiger charge is -2.17. The molecule has 0 aliphatic rings. The Balaban J connectivity index is 2.08. The molecule has 1 aromatic heterocycles. The van der Waals surface area contributed by atoms with Gasteiger partial charge in [0, 0.05) is 11.4 Å². The van der Waals surface area contributed by atoms with Gasteiger partial charge < -0.3 is 10.1 Å². The highest BCUT2D eigenvalue weighted by Crippen LogP contribution is 2.23. The van der Waals surface area contributed by atoms with Crippen LogP contribution in [0.4, 0.5) is 0 Å². The standard InChI is InChI=1S/C17H21NO2S/c1-12-6-7-13(2)14(9-12)11-18-15(10-17(19)20-3)16-5-4-8-21-16/h4-9,15,18H,10-11H2,1-3H3. The van der Waals surface area contributed by atoms with Gasteiger partial charge in [0.25, 0.3) is 0 Å². The minimum atomic E-state index is -0.193. The third-order valence-corrected chi connectivity index (χ3v) is 4.51. The fraction of sp³-hybridized carbons (Fsp3) is 0.353. The number of benzene rings is 1. The molecule has 0 fully saturated rings. The highest BCUT2D eigenvalue weighted by molar-refractivity contribution is 7.10. The van der Waals surface area contributed by atoms with E-state index in [2.05, 4.69) is 37.4 Å². The number of carbonyl (C=O) groups is 1. The summed E-state index contributed by atoms with van der Waals surface area (Å²) in [5, 5.41) is 5.51. The summed E-state index contributed by atoms with van der Waals surface area (Å²) in [6.07, 6.45) is 0.349. The molecule has 0 saturated carbocycles. The third kappa shape index (κ3) is 4.41. The molecule has 4 heteroatoms. The first kappa shape index (κ1) is 15.7. The number of carbonyl (C=O) groups excluding carboxylic acids is 1. The van der Waals surface area contributed by atoms with Crippen molar-refractivity contribution in [1.29, 1.82) is 0 Å².